The van der Waals surface area contributed by atoms with Gasteiger partial charge in [-0.1, -0.05) is 23.7 Å². The first kappa shape index (κ1) is 11.8. The van der Waals surface area contributed by atoms with Gasteiger partial charge in [0.25, 0.3) is 5.56 Å². The third kappa shape index (κ3) is 2.20. The minimum absolute atomic E-state index is 0.0390. The van der Waals surface area contributed by atoms with Gasteiger partial charge in [-0.05, 0) is 17.7 Å². The second kappa shape index (κ2) is 4.45. The fourth-order valence-corrected chi connectivity index (χ4v) is 1.88. The zero-order chi connectivity index (χ0) is 13.4. The summed E-state index contributed by atoms with van der Waals surface area (Å²) >= 11 is 5.82. The van der Waals surface area contributed by atoms with Crippen LogP contribution in [-0.4, -0.2) is 9.97 Å². The van der Waals surface area contributed by atoms with Gasteiger partial charge in [-0.3, -0.25) is 9.78 Å². The molecule has 1 aliphatic rings. The molecule has 2 aromatic rings. The predicted molar refractivity (Wildman–Crippen MR) is 71.6 cm³/mol. The number of H-pyrrole nitrogens is 1. The maximum atomic E-state index is 11.6. The Kier molecular flexibility index (Phi) is 2.77. The van der Waals surface area contributed by atoms with Gasteiger partial charge in [0.05, 0.1) is 6.54 Å². The summed E-state index contributed by atoms with van der Waals surface area (Å²) < 4.78 is 0. The number of nitrogens with zero attached hydrogens (tertiary/aromatic N) is 2. The maximum absolute atomic E-state index is 11.6. The lowest BCUT2D eigenvalue weighted by Crippen LogP contribution is -2.20. The molecule has 3 rings (SSSR count). The quantitative estimate of drug-likeness (QED) is 0.766. The van der Waals surface area contributed by atoms with Crippen LogP contribution in [0.15, 0.2) is 29.1 Å². The molecule has 0 unspecified atom stereocenters. The van der Waals surface area contributed by atoms with Crippen molar-refractivity contribution >= 4 is 29.1 Å². The van der Waals surface area contributed by atoms with Crippen molar-refractivity contribution in [2.75, 3.05) is 16.3 Å². The van der Waals surface area contributed by atoms with Gasteiger partial charge >= 0.3 is 0 Å². The molecule has 8 heteroatoms. The molecule has 1 aromatic carbocycles. The van der Waals surface area contributed by atoms with E-state index in [-0.39, 0.29) is 17.2 Å². The number of nitrogens with two attached hydrogens (primary N) is 1. The van der Waals surface area contributed by atoms with Crippen molar-refractivity contribution in [1.29, 1.82) is 0 Å². The summed E-state index contributed by atoms with van der Waals surface area (Å²) in [5.74, 6) is 0.397. The van der Waals surface area contributed by atoms with Crippen LogP contribution in [0.3, 0.4) is 0 Å². The van der Waals surface area contributed by atoms with Crippen LogP contribution in [0.2, 0.25) is 5.02 Å². The first-order valence-electron chi connectivity index (χ1n) is 5.48. The van der Waals surface area contributed by atoms with Gasteiger partial charge in [-0.25, -0.2) is 10.5 Å². The van der Waals surface area contributed by atoms with Gasteiger partial charge in [0, 0.05) is 5.02 Å². The van der Waals surface area contributed by atoms with E-state index >= 15 is 0 Å². The fraction of sp³-hybridized carbons (Fsp3) is 0.0909. The number of hydrogen-bond acceptors (Lipinski definition) is 6. The molecule has 7 nitrogen and oxygen atoms in total. The van der Waals surface area contributed by atoms with Crippen molar-refractivity contribution in [3.05, 3.63) is 45.2 Å². The van der Waals surface area contributed by atoms with Crippen molar-refractivity contribution in [3.63, 3.8) is 0 Å². The average molecular weight is 280 g/mol. The van der Waals surface area contributed by atoms with Gasteiger partial charge in [-0.2, -0.15) is 9.92 Å². The SMILES string of the molecule is Nc1nc2c(c(=O)[nH]1)NON2Cc1ccc(Cl)cc1. The van der Waals surface area contributed by atoms with Crippen LogP contribution in [0, 0.1) is 0 Å². The molecule has 0 saturated heterocycles. The molecule has 0 saturated carbocycles. The van der Waals surface area contributed by atoms with Crippen LogP contribution in [-0.2, 0) is 11.5 Å². The molecule has 0 amide bonds. The number of hydrogen-bond donors (Lipinski definition) is 3. The number of aromatic amines is 1. The number of fused-ring (bicyclic) bond motifs is 1. The fourth-order valence-electron chi connectivity index (χ4n) is 1.76. The molecule has 0 radical (unpaired) electrons. The molecule has 98 valence electrons. The second-order valence-electron chi connectivity index (χ2n) is 4.01. The van der Waals surface area contributed by atoms with Crippen LogP contribution in [0.1, 0.15) is 5.56 Å². The summed E-state index contributed by atoms with van der Waals surface area (Å²) in [5, 5.41) is 2.10. The Morgan fingerprint density at radius 2 is 2.11 bits per heavy atom. The van der Waals surface area contributed by atoms with E-state index in [2.05, 4.69) is 15.4 Å². The molecule has 0 spiro atoms. The molecule has 0 aliphatic carbocycles. The Hall–Kier alpha value is -2.25. The minimum atomic E-state index is -0.374. The van der Waals surface area contributed by atoms with E-state index in [1.165, 1.54) is 5.06 Å². The highest BCUT2D eigenvalue weighted by Gasteiger charge is 2.25. The molecule has 4 N–H and O–H groups in total. The van der Waals surface area contributed by atoms with Gasteiger partial charge in [0.1, 0.15) is 0 Å². The van der Waals surface area contributed by atoms with E-state index in [0.717, 1.165) is 5.56 Å². The molecule has 0 bridgehead atoms. The molecule has 2 heterocycles. The molecule has 1 aromatic heterocycles. The highest BCUT2D eigenvalue weighted by atomic mass is 35.5. The summed E-state index contributed by atoms with van der Waals surface area (Å²) in [4.78, 5) is 23.2. The third-order valence-corrected chi connectivity index (χ3v) is 2.90. The first-order valence-corrected chi connectivity index (χ1v) is 5.86. The Morgan fingerprint density at radius 1 is 1.37 bits per heavy atom. The molecule has 1 aliphatic heterocycles. The Labute approximate surface area is 112 Å². The molecular weight excluding hydrogens is 270 g/mol. The number of halogens is 1. The number of nitrogen functional groups attached to an aromatic ring is 1. The van der Waals surface area contributed by atoms with E-state index in [4.69, 9.17) is 22.3 Å². The van der Waals surface area contributed by atoms with E-state index in [1.807, 2.05) is 12.1 Å². The van der Waals surface area contributed by atoms with Crippen LogP contribution < -0.4 is 21.8 Å². The maximum Gasteiger partial charge on any atom is 0.280 e. The largest absolute Gasteiger partial charge is 0.369 e. The molecular formula is C11H10ClN5O2. The molecule has 0 fully saturated rings. The second-order valence-corrected chi connectivity index (χ2v) is 4.44. The standard InChI is InChI=1S/C11H10ClN5O2/c12-7-3-1-6(2-4-7)5-17-9-8(16-19-17)10(18)15-11(13)14-9/h1-4,16H,5H2,(H3,13,14,15,18). The van der Waals surface area contributed by atoms with Gasteiger partial charge < -0.3 is 5.73 Å². The van der Waals surface area contributed by atoms with E-state index in [0.29, 0.717) is 17.4 Å². The Morgan fingerprint density at radius 3 is 2.84 bits per heavy atom. The van der Waals surface area contributed by atoms with Crippen LogP contribution in [0.25, 0.3) is 0 Å². The van der Waals surface area contributed by atoms with Crippen molar-refractivity contribution in [2.45, 2.75) is 6.54 Å². The molecule has 0 atom stereocenters. The highest BCUT2D eigenvalue weighted by Crippen LogP contribution is 2.28. The van der Waals surface area contributed by atoms with Gasteiger partial charge in [-0.15, -0.1) is 0 Å². The van der Waals surface area contributed by atoms with Crippen LogP contribution in [0.4, 0.5) is 17.5 Å². The van der Waals surface area contributed by atoms with Crippen molar-refractivity contribution in [1.82, 2.24) is 9.97 Å². The van der Waals surface area contributed by atoms with Gasteiger partial charge in [0.15, 0.2) is 11.5 Å². The number of anilines is 3. The highest BCUT2D eigenvalue weighted by molar-refractivity contribution is 6.30. The monoisotopic (exact) mass is 279 g/mol. The van der Waals surface area contributed by atoms with Crippen molar-refractivity contribution in [3.8, 4) is 0 Å². The summed E-state index contributed by atoms with van der Waals surface area (Å²) in [5.41, 5.74) is 8.85. The predicted octanol–water partition coefficient (Wildman–Crippen LogP) is 1.28. The van der Waals surface area contributed by atoms with Crippen molar-refractivity contribution in [2.24, 2.45) is 0 Å². The summed E-state index contributed by atoms with van der Waals surface area (Å²) in [6, 6.07) is 7.28. The van der Waals surface area contributed by atoms with Crippen molar-refractivity contribution < 1.29 is 4.94 Å². The Balaban J connectivity index is 1.90. The lowest BCUT2D eigenvalue weighted by Gasteiger charge is -2.14. The first-order chi connectivity index (χ1) is 9.13. The summed E-state index contributed by atoms with van der Waals surface area (Å²) in [7, 11) is 0. The van der Waals surface area contributed by atoms with E-state index < -0.39 is 0 Å². The normalized spacial score (nSPS) is 13.2. The zero-order valence-electron chi connectivity index (χ0n) is 9.68. The zero-order valence-corrected chi connectivity index (χ0v) is 10.4. The molecule has 19 heavy (non-hydrogen) atoms. The minimum Gasteiger partial charge on any atom is -0.369 e. The van der Waals surface area contributed by atoms with Crippen LogP contribution >= 0.6 is 11.6 Å². The third-order valence-electron chi connectivity index (χ3n) is 2.65. The smallest absolute Gasteiger partial charge is 0.280 e. The lowest BCUT2D eigenvalue weighted by molar-refractivity contribution is 0.175. The number of rotatable bonds is 2. The number of aromatic nitrogens is 2. The number of benzene rings is 1. The topological polar surface area (TPSA) is 96.3 Å². The summed E-state index contributed by atoms with van der Waals surface area (Å²) in [6.45, 7) is 0.410. The Bertz CT molecular complexity index is 670. The van der Waals surface area contributed by atoms with E-state index in [9.17, 15) is 4.79 Å². The average Bonchev–Trinajstić information content (AvgIpc) is 2.76. The van der Waals surface area contributed by atoms with Crippen LogP contribution in [0.5, 0.6) is 0 Å². The summed E-state index contributed by atoms with van der Waals surface area (Å²) in [6.07, 6.45) is 0. The van der Waals surface area contributed by atoms with Gasteiger partial charge in [0.2, 0.25) is 5.95 Å². The number of nitrogens with one attached hydrogen (secondary N) is 2. The lowest BCUT2D eigenvalue weighted by atomic mass is 10.2. The van der Waals surface area contributed by atoms with E-state index in [1.54, 1.807) is 12.1 Å². The number of hydroxylamine groups is 1.